The molecule has 0 saturated carbocycles. The zero-order chi connectivity index (χ0) is 16.4. The summed E-state index contributed by atoms with van der Waals surface area (Å²) in [6.07, 6.45) is 3.40. The Bertz CT molecular complexity index is 743. The Balaban J connectivity index is 1.93. The fourth-order valence-electron chi connectivity index (χ4n) is 3.08. The standard InChI is InChI=1S/C17H23N3O3/c1-3-4-5-16-18-14-7-6-11(8-13(14)17(22)19-16)15-9-12(10-21)23-20(15)2/h6-8,12,15,21H,3-5,9-10H2,1-2H3,(H,18,19,22)/t12-,15-/m1/s1. The fourth-order valence-corrected chi connectivity index (χ4v) is 3.08. The van der Waals surface area contributed by atoms with E-state index >= 15 is 0 Å². The van der Waals surface area contributed by atoms with Gasteiger partial charge < -0.3 is 10.1 Å². The maximum Gasteiger partial charge on any atom is 0.258 e. The first-order chi connectivity index (χ1) is 11.1. The van der Waals surface area contributed by atoms with Gasteiger partial charge in [-0.2, -0.15) is 5.06 Å². The van der Waals surface area contributed by atoms with E-state index in [0.29, 0.717) is 11.8 Å². The van der Waals surface area contributed by atoms with Gasteiger partial charge in [0.1, 0.15) is 11.9 Å². The summed E-state index contributed by atoms with van der Waals surface area (Å²) >= 11 is 0. The minimum Gasteiger partial charge on any atom is -0.394 e. The summed E-state index contributed by atoms with van der Waals surface area (Å²) < 4.78 is 0. The van der Waals surface area contributed by atoms with Gasteiger partial charge in [0.25, 0.3) is 5.56 Å². The van der Waals surface area contributed by atoms with E-state index < -0.39 is 0 Å². The summed E-state index contributed by atoms with van der Waals surface area (Å²) in [5, 5.41) is 11.6. The number of aliphatic hydroxyl groups is 1. The molecule has 1 fully saturated rings. The molecule has 6 nitrogen and oxygen atoms in total. The zero-order valence-electron chi connectivity index (χ0n) is 13.6. The van der Waals surface area contributed by atoms with Crippen molar-refractivity contribution >= 4 is 10.9 Å². The molecule has 2 N–H and O–H groups in total. The molecule has 2 atom stereocenters. The third-order valence-corrected chi connectivity index (χ3v) is 4.37. The van der Waals surface area contributed by atoms with Crippen molar-refractivity contribution in [2.75, 3.05) is 13.7 Å². The molecule has 2 aromatic rings. The van der Waals surface area contributed by atoms with Crippen LogP contribution in [-0.4, -0.2) is 39.9 Å². The Hall–Kier alpha value is -1.76. The molecule has 1 saturated heterocycles. The SMILES string of the molecule is CCCCc1nc2ccc([C@H]3C[C@H](CO)ON3C)cc2c(=O)[nH]1. The van der Waals surface area contributed by atoms with Crippen molar-refractivity contribution in [2.24, 2.45) is 0 Å². The number of aliphatic hydroxyl groups excluding tert-OH is 1. The van der Waals surface area contributed by atoms with Gasteiger partial charge in [-0.1, -0.05) is 19.4 Å². The average molecular weight is 317 g/mol. The number of nitrogens with one attached hydrogen (secondary N) is 1. The monoisotopic (exact) mass is 317 g/mol. The van der Waals surface area contributed by atoms with Crippen molar-refractivity contribution in [1.82, 2.24) is 15.0 Å². The molecule has 0 bridgehead atoms. The third-order valence-electron chi connectivity index (χ3n) is 4.37. The molecule has 0 spiro atoms. The Morgan fingerprint density at radius 3 is 3.00 bits per heavy atom. The smallest absolute Gasteiger partial charge is 0.258 e. The highest BCUT2D eigenvalue weighted by atomic mass is 16.7. The summed E-state index contributed by atoms with van der Waals surface area (Å²) in [4.78, 5) is 25.3. The molecule has 2 heterocycles. The number of aromatic amines is 1. The van der Waals surface area contributed by atoms with Crippen molar-refractivity contribution in [3.63, 3.8) is 0 Å². The first-order valence-electron chi connectivity index (χ1n) is 8.15. The number of benzene rings is 1. The third kappa shape index (κ3) is 3.29. The number of hydroxylamine groups is 2. The molecule has 0 radical (unpaired) electrons. The normalized spacial score (nSPS) is 22.0. The van der Waals surface area contributed by atoms with Gasteiger partial charge in [0.2, 0.25) is 0 Å². The van der Waals surface area contributed by atoms with Crippen molar-refractivity contribution in [2.45, 2.75) is 44.8 Å². The maximum absolute atomic E-state index is 12.4. The van der Waals surface area contributed by atoms with E-state index in [-0.39, 0.29) is 24.3 Å². The van der Waals surface area contributed by atoms with E-state index in [9.17, 15) is 9.90 Å². The largest absolute Gasteiger partial charge is 0.394 e. The Kier molecular flexibility index (Phi) is 4.75. The van der Waals surface area contributed by atoms with Crippen LogP contribution in [0.15, 0.2) is 23.0 Å². The lowest BCUT2D eigenvalue weighted by molar-refractivity contribution is -0.153. The van der Waals surface area contributed by atoms with Gasteiger partial charge in [-0.15, -0.1) is 0 Å². The lowest BCUT2D eigenvalue weighted by atomic mass is 10.0. The number of aryl methyl sites for hydroxylation is 1. The molecular weight excluding hydrogens is 294 g/mol. The van der Waals surface area contributed by atoms with E-state index in [2.05, 4.69) is 16.9 Å². The van der Waals surface area contributed by atoms with E-state index in [0.717, 1.165) is 36.2 Å². The van der Waals surface area contributed by atoms with Gasteiger partial charge >= 0.3 is 0 Å². The predicted octanol–water partition coefficient (Wildman–Crippen LogP) is 1.93. The first kappa shape index (κ1) is 16.1. The van der Waals surface area contributed by atoms with Crippen molar-refractivity contribution in [3.8, 4) is 0 Å². The molecule has 1 aliphatic heterocycles. The molecule has 23 heavy (non-hydrogen) atoms. The molecule has 124 valence electrons. The molecular formula is C17H23N3O3. The number of hydrogen-bond acceptors (Lipinski definition) is 5. The maximum atomic E-state index is 12.4. The molecule has 1 aromatic heterocycles. The highest BCUT2D eigenvalue weighted by Gasteiger charge is 2.31. The van der Waals surface area contributed by atoms with E-state index in [1.165, 1.54) is 0 Å². The summed E-state index contributed by atoms with van der Waals surface area (Å²) in [7, 11) is 1.85. The number of hydrogen-bond donors (Lipinski definition) is 2. The molecule has 6 heteroatoms. The number of aromatic nitrogens is 2. The van der Waals surface area contributed by atoms with Crippen LogP contribution in [0.3, 0.4) is 0 Å². The second-order valence-electron chi connectivity index (χ2n) is 6.10. The summed E-state index contributed by atoms with van der Waals surface area (Å²) in [6, 6.07) is 5.81. The van der Waals surface area contributed by atoms with E-state index in [4.69, 9.17) is 4.84 Å². The van der Waals surface area contributed by atoms with E-state index in [1.54, 1.807) is 5.06 Å². The van der Waals surface area contributed by atoms with Crippen LogP contribution < -0.4 is 5.56 Å². The van der Waals surface area contributed by atoms with Crippen LogP contribution in [0.4, 0.5) is 0 Å². The molecule has 3 rings (SSSR count). The Morgan fingerprint density at radius 2 is 2.30 bits per heavy atom. The second-order valence-corrected chi connectivity index (χ2v) is 6.10. The van der Waals surface area contributed by atoms with Crippen LogP contribution in [0.1, 0.15) is 43.6 Å². The van der Waals surface area contributed by atoms with Gasteiger partial charge in [0, 0.05) is 13.5 Å². The molecule has 1 aromatic carbocycles. The Labute approximate surface area is 135 Å². The molecule has 0 unspecified atom stereocenters. The zero-order valence-corrected chi connectivity index (χ0v) is 13.6. The average Bonchev–Trinajstić information content (AvgIpc) is 2.94. The van der Waals surface area contributed by atoms with E-state index in [1.807, 2.05) is 25.2 Å². The quantitative estimate of drug-likeness (QED) is 0.881. The van der Waals surface area contributed by atoms with Gasteiger partial charge in [-0.05, 0) is 30.5 Å². The minimum absolute atomic E-state index is 0.00263. The van der Waals surface area contributed by atoms with Crippen LogP contribution in [0.2, 0.25) is 0 Å². The lowest BCUT2D eigenvalue weighted by Crippen LogP contribution is -2.18. The number of nitrogens with zero attached hydrogens (tertiary/aromatic N) is 2. The summed E-state index contributed by atoms with van der Waals surface area (Å²) in [5.74, 6) is 0.749. The number of H-pyrrole nitrogens is 1. The highest BCUT2D eigenvalue weighted by Crippen LogP contribution is 2.33. The Morgan fingerprint density at radius 1 is 1.48 bits per heavy atom. The topological polar surface area (TPSA) is 78.5 Å². The summed E-state index contributed by atoms with van der Waals surface area (Å²) in [6.45, 7) is 2.11. The number of unbranched alkanes of at least 4 members (excludes halogenated alkanes) is 1. The van der Waals surface area contributed by atoms with Crippen molar-refractivity contribution < 1.29 is 9.94 Å². The van der Waals surface area contributed by atoms with Crippen LogP contribution in [0, 0.1) is 0 Å². The van der Waals surface area contributed by atoms with Crippen LogP contribution in [-0.2, 0) is 11.3 Å². The molecule has 0 aliphatic carbocycles. The van der Waals surface area contributed by atoms with Crippen molar-refractivity contribution in [1.29, 1.82) is 0 Å². The molecule has 0 amide bonds. The first-order valence-corrected chi connectivity index (χ1v) is 8.15. The number of fused-ring (bicyclic) bond motifs is 1. The number of rotatable bonds is 5. The van der Waals surface area contributed by atoms with Gasteiger partial charge in [-0.25, -0.2) is 4.98 Å². The lowest BCUT2D eigenvalue weighted by Gasteiger charge is -2.18. The predicted molar refractivity (Wildman–Crippen MR) is 88.1 cm³/mol. The van der Waals surface area contributed by atoms with Crippen LogP contribution in [0.5, 0.6) is 0 Å². The van der Waals surface area contributed by atoms with Gasteiger partial charge in [0.15, 0.2) is 0 Å². The van der Waals surface area contributed by atoms with Gasteiger partial charge in [-0.3, -0.25) is 9.63 Å². The van der Waals surface area contributed by atoms with Crippen molar-refractivity contribution in [3.05, 3.63) is 39.9 Å². The molecule has 1 aliphatic rings. The fraction of sp³-hybridized carbons (Fsp3) is 0.529. The van der Waals surface area contributed by atoms with Crippen LogP contribution >= 0.6 is 0 Å². The highest BCUT2D eigenvalue weighted by molar-refractivity contribution is 5.78. The van der Waals surface area contributed by atoms with Crippen LogP contribution in [0.25, 0.3) is 10.9 Å². The van der Waals surface area contributed by atoms with Gasteiger partial charge in [0.05, 0.1) is 23.6 Å². The minimum atomic E-state index is -0.187. The second kappa shape index (κ2) is 6.78. The summed E-state index contributed by atoms with van der Waals surface area (Å²) in [5.41, 5.74) is 1.64.